The van der Waals surface area contributed by atoms with Gasteiger partial charge in [-0.3, -0.25) is 9.59 Å². The van der Waals surface area contributed by atoms with Gasteiger partial charge in [0.1, 0.15) is 40.0 Å². The second-order valence-corrected chi connectivity index (χ2v) is 30.8. The number of halogens is 4. The molecule has 0 unspecified atom stereocenters. The lowest BCUT2D eigenvalue weighted by atomic mass is 10.1. The van der Waals surface area contributed by atoms with Gasteiger partial charge in [0, 0.05) is 82.9 Å². The molecule has 0 fully saturated rings. The van der Waals surface area contributed by atoms with E-state index in [4.69, 9.17) is 50.8 Å². The van der Waals surface area contributed by atoms with Crippen LogP contribution < -0.4 is 33.2 Å². The number of carbonyl (C=O) groups is 5. The molecule has 568 valence electrons. The Morgan fingerprint density at radius 2 is 0.802 bits per heavy atom. The number of amides is 3. The highest BCUT2D eigenvalue weighted by Crippen LogP contribution is 2.36. The molecular formula is C76H67Br4N17O13S. The van der Waals surface area contributed by atoms with Gasteiger partial charge >= 0.3 is 18.2 Å². The van der Waals surface area contributed by atoms with Gasteiger partial charge in [0.05, 0.1) is 33.7 Å². The third kappa shape index (κ3) is 23.6. The lowest BCUT2D eigenvalue weighted by molar-refractivity contribution is 0.0427. The highest BCUT2D eigenvalue weighted by molar-refractivity contribution is 9.11. The maximum absolute atomic E-state index is 13.1. The largest absolute Gasteiger partial charge is 0.478 e. The van der Waals surface area contributed by atoms with Crippen molar-refractivity contribution in [3.8, 4) is 79.9 Å². The average molecular weight is 1780 g/mol. The molecule has 0 aliphatic rings. The number of ketones is 1. The molecule has 0 aliphatic heterocycles. The number of imide groups is 1. The molecule has 0 radical (unpaired) electrons. The normalized spacial score (nSPS) is 10.9. The van der Waals surface area contributed by atoms with Gasteiger partial charge in [0.2, 0.25) is 17.7 Å². The number of nitrogens with one attached hydrogen (secondary N) is 1. The van der Waals surface area contributed by atoms with Crippen molar-refractivity contribution < 1.29 is 60.2 Å². The maximum Gasteiger partial charge on any atom is 0.425 e. The van der Waals surface area contributed by atoms with Crippen LogP contribution in [0.4, 0.5) is 38.7 Å². The Bertz CT molecular complexity index is 5540. The van der Waals surface area contributed by atoms with Crippen molar-refractivity contribution in [1.29, 1.82) is 0 Å². The van der Waals surface area contributed by atoms with Crippen molar-refractivity contribution in [2.75, 3.05) is 40.6 Å². The number of anilines is 5. The molecule has 0 bridgehead atoms. The first-order valence-corrected chi connectivity index (χ1v) is 37.7. The summed E-state index contributed by atoms with van der Waals surface area (Å²) in [6.45, 7) is 10.1. The van der Waals surface area contributed by atoms with Crippen LogP contribution in [-0.4, -0.2) is 123 Å². The summed E-state index contributed by atoms with van der Waals surface area (Å²) in [5.74, 6) is 0.830. The van der Waals surface area contributed by atoms with E-state index in [1.54, 1.807) is 127 Å². The van der Waals surface area contributed by atoms with Gasteiger partial charge in [0.15, 0.2) is 21.4 Å². The van der Waals surface area contributed by atoms with Crippen LogP contribution in [0.15, 0.2) is 243 Å². The number of carboxylic acid groups (broad SMARTS) is 1. The molecule has 10 N–H and O–H groups in total. The van der Waals surface area contributed by atoms with Crippen LogP contribution in [-0.2, 0) is 19.3 Å². The molecule has 0 atom stereocenters. The highest BCUT2D eigenvalue weighted by atomic mass is 79.9. The van der Waals surface area contributed by atoms with Crippen LogP contribution in [0.2, 0.25) is 0 Å². The Hall–Kier alpha value is -12.3. The van der Waals surface area contributed by atoms with Crippen LogP contribution in [0.5, 0.6) is 0 Å². The number of sulfone groups is 1. The molecule has 30 nitrogen and oxygen atoms in total. The van der Waals surface area contributed by atoms with Crippen LogP contribution in [0.3, 0.4) is 0 Å². The molecule has 35 heteroatoms. The number of carboxylic acids is 1. The molecule has 0 aliphatic carbocycles. The fraction of sp³-hybridized carbons (Fsp3) is 0.132. The van der Waals surface area contributed by atoms with E-state index in [1.807, 2.05) is 97.1 Å². The van der Waals surface area contributed by atoms with Gasteiger partial charge in [-0.2, -0.15) is 4.90 Å². The molecule has 111 heavy (non-hydrogen) atoms. The van der Waals surface area contributed by atoms with E-state index >= 15 is 0 Å². The van der Waals surface area contributed by atoms with Crippen molar-refractivity contribution in [3.63, 3.8) is 0 Å². The summed E-state index contributed by atoms with van der Waals surface area (Å²) in [5.41, 5.74) is 27.1. The van der Waals surface area contributed by atoms with Crippen LogP contribution in [0.1, 0.15) is 72.6 Å². The van der Waals surface area contributed by atoms with E-state index in [0.717, 1.165) is 37.2 Å². The Balaban J connectivity index is 0.000000166. The lowest BCUT2D eigenvalue weighted by Gasteiger charge is -2.28. The Labute approximate surface area is 668 Å². The molecule has 0 saturated carbocycles. The lowest BCUT2D eigenvalue weighted by Crippen LogP contribution is -2.44. The molecular weight excluding hydrogens is 1710 g/mol. The fourth-order valence-corrected chi connectivity index (χ4v) is 11.2. The second kappa shape index (κ2) is 37.2. The number of aromatic carboxylic acids is 1. The first-order chi connectivity index (χ1) is 52.7. The van der Waals surface area contributed by atoms with Gasteiger partial charge in [-0.25, -0.2) is 47.7 Å². The number of rotatable bonds is 14. The third-order valence-electron chi connectivity index (χ3n) is 14.4. The van der Waals surface area contributed by atoms with Gasteiger partial charge < -0.3 is 56.1 Å². The minimum absolute atomic E-state index is 0.0133. The predicted octanol–water partition coefficient (Wildman–Crippen LogP) is 16.0. The van der Waals surface area contributed by atoms with Crippen LogP contribution in [0.25, 0.3) is 79.9 Å². The van der Waals surface area contributed by atoms with Crippen molar-refractivity contribution >= 4 is 132 Å². The van der Waals surface area contributed by atoms with Crippen LogP contribution >= 0.6 is 63.7 Å². The zero-order valence-corrected chi connectivity index (χ0v) is 66.9. The monoisotopic (exact) mass is 1770 g/mol. The topological polar surface area (TPSA) is 459 Å². The van der Waals surface area contributed by atoms with Crippen molar-refractivity contribution in [2.24, 2.45) is 0 Å². The first-order valence-electron chi connectivity index (χ1n) is 32.7. The van der Waals surface area contributed by atoms with Gasteiger partial charge in [-0.1, -0.05) is 97.1 Å². The molecule has 0 saturated heterocycles. The fourth-order valence-electron chi connectivity index (χ4n) is 9.27. The minimum Gasteiger partial charge on any atom is -0.478 e. The number of carbonyl (C=O) groups excluding carboxylic acids is 4. The summed E-state index contributed by atoms with van der Waals surface area (Å²) in [4.78, 5) is 81.4. The quantitative estimate of drug-likeness (QED) is 0.0551. The van der Waals surface area contributed by atoms with Gasteiger partial charge in [0.25, 0.3) is 23.6 Å². The smallest absolute Gasteiger partial charge is 0.425 e. The summed E-state index contributed by atoms with van der Waals surface area (Å²) in [7, 11) is -3.25. The summed E-state index contributed by atoms with van der Waals surface area (Å²) < 4.78 is 54.0. The number of Topliss-reactive ketones (excluding diaryl/α,β-unsaturated/α-hetero) is 1. The summed E-state index contributed by atoms with van der Waals surface area (Å²) in [6.07, 6.45) is 6.89. The number of hydrogen-bond acceptors (Lipinski definition) is 27. The zero-order chi connectivity index (χ0) is 80.3. The average Bonchev–Trinajstić information content (AvgIpc) is 1.78. The first kappa shape index (κ1) is 82.7. The standard InChI is InChI=1S/C23H25BrN4O5.C20H16N4O3S.C14H12BrN3O2.C13H9BrN4O.C6H5BrN2O2/c1-22(2,3)32-20(29)28(21(30)33-23(4,5)6)17-16(12-15(24)13-25-17)19-27-26-18(31-19)14-10-8-7-9-11-14;1-28(25,26)16-9-7-13(8-10-16)15-11-17(18(21)22-12-15)20-24-23-19(27-20)14-5-3-2-4-6-14;15-10-6-11(13(16)17-7-10)14(20)18-8-12(19)9-4-2-1-3-5-9;14-9-6-10(11(15)16-7-9)13-18-17-12(19-13)8-4-2-1-3-5-8;7-3-1-4(6(10)11)5(8)9-2-3/h7-13H,1-6H3;2-12H,1H3,(H2,21,22);1-7H,8H2,(H2,16,17)(H,18,20);1-7H,(H2,15,16);1-2H,(H2,8,9)(H,10,11). The number of nitrogens with zero attached hydrogens (tertiary/aromatic N) is 12. The number of pyridine rings is 5. The SMILES string of the molecule is CC(C)(C)OC(=O)N(C(=O)OC(C)(C)C)c1ncc(Br)cc1-c1nnc(-c2ccccc2)o1.CS(=O)(=O)c1ccc(-c2cnc(N)c(-c3nnc(-c4ccccc4)o3)c2)cc1.Nc1ncc(Br)cc1-c1nnc(-c2ccccc2)o1.Nc1ncc(Br)cc1C(=O)NCC(=O)c1ccccc1.Nc1ncc(Br)cc1C(=O)O. The van der Waals surface area contributed by atoms with Gasteiger partial charge in [-0.15, -0.1) is 30.6 Å². The number of ether oxygens (including phenoxy) is 2. The second-order valence-electron chi connectivity index (χ2n) is 25.1. The van der Waals surface area contributed by atoms with Crippen molar-refractivity contribution in [1.82, 2.24) is 60.8 Å². The van der Waals surface area contributed by atoms with E-state index in [2.05, 4.69) is 125 Å². The Kier molecular flexibility index (Phi) is 27.7. The van der Waals surface area contributed by atoms with E-state index in [0.29, 0.717) is 53.6 Å². The highest BCUT2D eigenvalue weighted by Gasteiger charge is 2.37. The van der Waals surface area contributed by atoms with E-state index in [9.17, 15) is 32.4 Å². The van der Waals surface area contributed by atoms with E-state index in [1.165, 1.54) is 30.9 Å². The number of nitrogens with two attached hydrogens (primary N) is 4. The molecule has 8 heterocycles. The minimum atomic E-state index is -3.25. The summed E-state index contributed by atoms with van der Waals surface area (Å²) in [6, 6.07) is 51.7. The predicted molar refractivity (Wildman–Crippen MR) is 429 cm³/mol. The summed E-state index contributed by atoms with van der Waals surface area (Å²) >= 11 is 13.0. The van der Waals surface area contributed by atoms with Crippen LogP contribution in [0, 0.1) is 0 Å². The molecule has 8 aromatic heterocycles. The maximum atomic E-state index is 13.1. The molecule has 3 amide bonds. The van der Waals surface area contributed by atoms with E-state index in [-0.39, 0.29) is 74.9 Å². The Morgan fingerprint density at radius 1 is 0.441 bits per heavy atom. The number of nitrogen functional groups attached to an aromatic ring is 4. The number of hydrogen-bond donors (Lipinski definition) is 6. The zero-order valence-electron chi connectivity index (χ0n) is 59.8. The summed E-state index contributed by atoms with van der Waals surface area (Å²) in [5, 5.41) is 35.5. The van der Waals surface area contributed by atoms with Crippen molar-refractivity contribution in [3.05, 3.63) is 241 Å². The molecule has 0 spiro atoms. The number of benzene rings is 5. The molecule has 13 aromatic rings. The van der Waals surface area contributed by atoms with Gasteiger partial charge in [-0.05, 0) is 190 Å². The van der Waals surface area contributed by atoms with E-state index < -0.39 is 45.1 Å². The number of aromatic nitrogens is 11. The molecule has 13 rings (SSSR count). The molecule has 5 aromatic carbocycles. The van der Waals surface area contributed by atoms with Crippen molar-refractivity contribution in [2.45, 2.75) is 57.6 Å². The third-order valence-corrected chi connectivity index (χ3v) is 17.3. The Morgan fingerprint density at radius 3 is 1.23 bits per heavy atom.